The summed E-state index contributed by atoms with van der Waals surface area (Å²) < 4.78 is 1.08. The maximum atomic E-state index is 4.23. The Balaban J connectivity index is 1.79. The van der Waals surface area contributed by atoms with Gasteiger partial charge in [0, 0.05) is 22.5 Å². The lowest BCUT2D eigenvalue weighted by atomic mass is 10.1. The van der Waals surface area contributed by atoms with Crippen molar-refractivity contribution in [2.24, 2.45) is 5.92 Å². The number of hydrogen-bond donors (Lipinski definition) is 1. The molecule has 2 rings (SSSR count). The first kappa shape index (κ1) is 11.4. The van der Waals surface area contributed by atoms with Gasteiger partial charge in [0.15, 0.2) is 0 Å². The smallest absolute Gasteiger partial charge is 0.222 e. The molecule has 1 aromatic rings. The summed E-state index contributed by atoms with van der Waals surface area (Å²) in [5.41, 5.74) is 0. The molecule has 1 aliphatic heterocycles. The van der Waals surface area contributed by atoms with Gasteiger partial charge in [-0.25, -0.2) is 9.97 Å². The van der Waals surface area contributed by atoms with Crippen LogP contribution < -0.4 is 5.32 Å². The van der Waals surface area contributed by atoms with E-state index in [4.69, 9.17) is 0 Å². The molecule has 5 heteroatoms. The molecular weight excluding hydrogens is 321 g/mol. The van der Waals surface area contributed by atoms with E-state index in [0.29, 0.717) is 0 Å². The minimum Gasteiger partial charge on any atom is -0.354 e. The Kier molecular flexibility index (Phi) is 4.49. The molecule has 1 atom stereocenters. The van der Waals surface area contributed by atoms with Crippen molar-refractivity contribution >= 4 is 40.3 Å². The van der Waals surface area contributed by atoms with Crippen LogP contribution in [0.25, 0.3) is 0 Å². The van der Waals surface area contributed by atoms with E-state index in [1.807, 2.05) is 12.4 Å². The van der Waals surface area contributed by atoms with Gasteiger partial charge < -0.3 is 5.32 Å². The molecule has 1 fully saturated rings. The van der Waals surface area contributed by atoms with Crippen molar-refractivity contribution in [2.75, 3.05) is 23.4 Å². The highest BCUT2D eigenvalue weighted by Crippen LogP contribution is 2.22. The molecule has 0 amide bonds. The van der Waals surface area contributed by atoms with E-state index in [9.17, 15) is 0 Å². The van der Waals surface area contributed by atoms with Crippen LogP contribution in [-0.4, -0.2) is 28.0 Å². The van der Waals surface area contributed by atoms with Crippen LogP contribution in [0, 0.1) is 9.49 Å². The lowest BCUT2D eigenvalue weighted by molar-refractivity contribution is 0.547. The van der Waals surface area contributed by atoms with Crippen molar-refractivity contribution in [2.45, 2.75) is 12.8 Å². The van der Waals surface area contributed by atoms with Gasteiger partial charge in [-0.2, -0.15) is 11.8 Å². The fourth-order valence-corrected chi connectivity index (χ4v) is 3.04. The van der Waals surface area contributed by atoms with E-state index in [-0.39, 0.29) is 0 Å². The van der Waals surface area contributed by atoms with Crippen molar-refractivity contribution in [1.29, 1.82) is 0 Å². The Morgan fingerprint density at radius 2 is 2.27 bits per heavy atom. The van der Waals surface area contributed by atoms with Crippen molar-refractivity contribution in [3.05, 3.63) is 16.0 Å². The van der Waals surface area contributed by atoms with Crippen LogP contribution >= 0.6 is 34.4 Å². The first-order valence-electron chi connectivity index (χ1n) is 5.14. The number of nitrogens with zero attached hydrogens (tertiary/aromatic N) is 2. The highest BCUT2D eigenvalue weighted by atomic mass is 127. The van der Waals surface area contributed by atoms with E-state index in [2.05, 4.69) is 49.6 Å². The maximum absolute atomic E-state index is 4.23. The Morgan fingerprint density at radius 1 is 1.47 bits per heavy atom. The fourth-order valence-electron chi connectivity index (χ4n) is 1.61. The summed E-state index contributed by atoms with van der Waals surface area (Å²) in [6, 6.07) is 0. The van der Waals surface area contributed by atoms with Gasteiger partial charge in [0.25, 0.3) is 0 Å². The minimum absolute atomic E-state index is 0.756. The number of halogens is 1. The van der Waals surface area contributed by atoms with E-state index in [1.54, 1.807) is 0 Å². The van der Waals surface area contributed by atoms with E-state index < -0.39 is 0 Å². The lowest BCUT2D eigenvalue weighted by Gasteiger charge is -2.21. The SMILES string of the molecule is Ic1cnc(NCC2CCCSC2)nc1. The molecule has 1 unspecified atom stereocenters. The zero-order chi connectivity index (χ0) is 10.5. The Morgan fingerprint density at radius 3 is 2.93 bits per heavy atom. The summed E-state index contributed by atoms with van der Waals surface area (Å²) in [5, 5.41) is 3.30. The van der Waals surface area contributed by atoms with Crippen molar-refractivity contribution < 1.29 is 0 Å². The number of thioether (sulfide) groups is 1. The van der Waals surface area contributed by atoms with Crippen molar-refractivity contribution in [3.63, 3.8) is 0 Å². The molecule has 82 valence electrons. The average molecular weight is 335 g/mol. The summed E-state index contributed by atoms with van der Waals surface area (Å²) in [5.74, 6) is 4.14. The molecule has 0 saturated carbocycles. The summed E-state index contributed by atoms with van der Waals surface area (Å²) in [6.45, 7) is 1.01. The van der Waals surface area contributed by atoms with Gasteiger partial charge in [-0.3, -0.25) is 0 Å². The monoisotopic (exact) mass is 335 g/mol. The van der Waals surface area contributed by atoms with Crippen LogP contribution in [0.2, 0.25) is 0 Å². The summed E-state index contributed by atoms with van der Waals surface area (Å²) >= 11 is 4.27. The maximum Gasteiger partial charge on any atom is 0.222 e. The molecule has 3 nitrogen and oxygen atoms in total. The average Bonchev–Trinajstić information content (AvgIpc) is 2.30. The van der Waals surface area contributed by atoms with Gasteiger partial charge >= 0.3 is 0 Å². The van der Waals surface area contributed by atoms with Crippen LogP contribution in [-0.2, 0) is 0 Å². The standard InChI is InChI=1S/C10H14IN3S/c11-9-5-13-10(14-6-9)12-4-8-2-1-3-15-7-8/h5-6,8H,1-4,7H2,(H,12,13,14). The molecule has 0 aromatic carbocycles. The molecule has 0 radical (unpaired) electrons. The highest BCUT2D eigenvalue weighted by Gasteiger charge is 2.13. The summed E-state index contributed by atoms with van der Waals surface area (Å²) in [4.78, 5) is 8.45. The quantitative estimate of drug-likeness (QED) is 0.862. The molecule has 0 aliphatic carbocycles. The second kappa shape index (κ2) is 5.89. The zero-order valence-electron chi connectivity index (χ0n) is 8.45. The largest absolute Gasteiger partial charge is 0.354 e. The summed E-state index contributed by atoms with van der Waals surface area (Å²) in [7, 11) is 0. The van der Waals surface area contributed by atoms with Crippen LogP contribution in [0.5, 0.6) is 0 Å². The first-order chi connectivity index (χ1) is 7.34. The van der Waals surface area contributed by atoms with E-state index in [1.165, 1.54) is 24.3 Å². The van der Waals surface area contributed by atoms with Gasteiger partial charge in [-0.1, -0.05) is 0 Å². The number of nitrogens with one attached hydrogen (secondary N) is 1. The second-order valence-corrected chi connectivity index (χ2v) is 6.08. The first-order valence-corrected chi connectivity index (χ1v) is 7.37. The Labute approximate surface area is 108 Å². The van der Waals surface area contributed by atoms with E-state index >= 15 is 0 Å². The van der Waals surface area contributed by atoms with E-state index in [0.717, 1.165) is 22.0 Å². The molecule has 0 bridgehead atoms. The number of aromatic nitrogens is 2. The molecular formula is C10H14IN3S. The van der Waals surface area contributed by atoms with Crippen LogP contribution in [0.15, 0.2) is 12.4 Å². The number of anilines is 1. The van der Waals surface area contributed by atoms with Crippen LogP contribution in [0.4, 0.5) is 5.95 Å². The van der Waals surface area contributed by atoms with Crippen molar-refractivity contribution in [1.82, 2.24) is 9.97 Å². The van der Waals surface area contributed by atoms with Crippen LogP contribution in [0.3, 0.4) is 0 Å². The highest BCUT2D eigenvalue weighted by molar-refractivity contribution is 14.1. The van der Waals surface area contributed by atoms with Gasteiger partial charge in [-0.15, -0.1) is 0 Å². The fraction of sp³-hybridized carbons (Fsp3) is 0.600. The minimum atomic E-state index is 0.756. The third-order valence-electron chi connectivity index (χ3n) is 2.42. The Bertz CT molecular complexity index is 298. The van der Waals surface area contributed by atoms with Gasteiger partial charge in [0.1, 0.15) is 0 Å². The molecule has 0 spiro atoms. The molecule has 1 saturated heterocycles. The van der Waals surface area contributed by atoms with Crippen LogP contribution in [0.1, 0.15) is 12.8 Å². The predicted molar refractivity (Wildman–Crippen MR) is 73.3 cm³/mol. The lowest BCUT2D eigenvalue weighted by Crippen LogP contribution is -2.20. The Hall–Kier alpha value is -0.0400. The third-order valence-corrected chi connectivity index (χ3v) is 4.27. The third kappa shape index (κ3) is 3.79. The van der Waals surface area contributed by atoms with Gasteiger partial charge in [-0.05, 0) is 52.9 Å². The van der Waals surface area contributed by atoms with Crippen molar-refractivity contribution in [3.8, 4) is 0 Å². The molecule has 1 aromatic heterocycles. The molecule has 2 heterocycles. The van der Waals surface area contributed by atoms with Gasteiger partial charge in [0.05, 0.1) is 0 Å². The molecule has 15 heavy (non-hydrogen) atoms. The number of rotatable bonds is 3. The predicted octanol–water partition coefficient (Wildman–Crippen LogP) is 2.64. The molecule has 1 N–H and O–H groups in total. The molecule has 1 aliphatic rings. The van der Waals surface area contributed by atoms with Gasteiger partial charge in [0.2, 0.25) is 5.95 Å². The topological polar surface area (TPSA) is 37.8 Å². The normalized spacial score (nSPS) is 21.3. The second-order valence-electron chi connectivity index (χ2n) is 3.69. The summed E-state index contributed by atoms with van der Waals surface area (Å²) in [6.07, 6.45) is 6.37. The zero-order valence-corrected chi connectivity index (χ0v) is 11.4. The number of hydrogen-bond acceptors (Lipinski definition) is 4.